The maximum atomic E-state index is 11.9. The monoisotopic (exact) mass is 286 g/mol. The van der Waals surface area contributed by atoms with Crippen molar-refractivity contribution in [1.29, 1.82) is 0 Å². The van der Waals surface area contributed by atoms with Crippen LogP contribution in [0.3, 0.4) is 0 Å². The van der Waals surface area contributed by atoms with Crippen LogP contribution in [-0.4, -0.2) is 22.0 Å². The summed E-state index contributed by atoms with van der Waals surface area (Å²) < 4.78 is 0. The summed E-state index contributed by atoms with van der Waals surface area (Å²) in [6.45, 7) is 2.21. The molecule has 0 bridgehead atoms. The predicted molar refractivity (Wildman–Crippen MR) is 79.2 cm³/mol. The largest absolute Gasteiger partial charge is 0.477 e. The topological polar surface area (TPSA) is 82.2 Å². The zero-order valence-corrected chi connectivity index (χ0v) is 11.9. The van der Waals surface area contributed by atoms with Crippen molar-refractivity contribution in [3.63, 3.8) is 0 Å². The van der Waals surface area contributed by atoms with Gasteiger partial charge in [-0.15, -0.1) is 0 Å². The third-order valence-corrected chi connectivity index (χ3v) is 4.19. The molecule has 110 valence electrons. The second-order valence-corrected chi connectivity index (χ2v) is 5.68. The molecule has 0 radical (unpaired) electrons. The Bertz CT molecular complexity index is 714. The Hall–Kier alpha value is -2.30. The Morgan fingerprint density at radius 3 is 2.76 bits per heavy atom. The molecule has 1 aliphatic rings. The van der Waals surface area contributed by atoms with E-state index in [0.717, 1.165) is 35.7 Å². The number of H-pyrrole nitrogens is 1. The van der Waals surface area contributed by atoms with Crippen LogP contribution in [0.25, 0.3) is 10.9 Å². The molecule has 3 rings (SSSR count). The summed E-state index contributed by atoms with van der Waals surface area (Å²) in [5.74, 6) is -0.874. The number of carbonyl (C=O) groups excluding carboxylic acids is 1. The highest BCUT2D eigenvalue weighted by Gasteiger charge is 2.25. The Balaban J connectivity index is 1.90. The second-order valence-electron chi connectivity index (χ2n) is 5.68. The number of rotatable bonds is 4. The molecule has 1 amide bonds. The average Bonchev–Trinajstić information content (AvgIpc) is 2.72. The van der Waals surface area contributed by atoms with Crippen molar-refractivity contribution >= 4 is 22.8 Å². The fourth-order valence-electron chi connectivity index (χ4n) is 2.72. The highest BCUT2D eigenvalue weighted by Crippen LogP contribution is 2.27. The number of benzene rings is 1. The van der Waals surface area contributed by atoms with Crippen LogP contribution in [-0.2, 0) is 11.3 Å². The minimum atomic E-state index is -1.00. The molecule has 0 atom stereocenters. The number of aromatic amines is 1. The molecule has 2 aromatic rings. The summed E-state index contributed by atoms with van der Waals surface area (Å²) in [6, 6.07) is 5.75. The van der Waals surface area contributed by atoms with Gasteiger partial charge in [-0.1, -0.05) is 18.1 Å². The second kappa shape index (κ2) is 5.24. The van der Waals surface area contributed by atoms with Crippen LogP contribution < -0.4 is 5.32 Å². The van der Waals surface area contributed by atoms with Gasteiger partial charge in [0.25, 0.3) is 0 Å². The maximum absolute atomic E-state index is 11.9. The molecule has 0 spiro atoms. The number of aromatic carboxylic acids is 1. The molecule has 1 heterocycles. The van der Waals surface area contributed by atoms with Gasteiger partial charge in [0.05, 0.1) is 0 Å². The first-order chi connectivity index (χ1) is 10.1. The third-order valence-electron chi connectivity index (χ3n) is 4.19. The Morgan fingerprint density at radius 2 is 2.14 bits per heavy atom. The number of carbonyl (C=O) groups is 2. The van der Waals surface area contributed by atoms with Gasteiger partial charge in [-0.25, -0.2) is 4.79 Å². The molecule has 0 saturated heterocycles. The quantitative estimate of drug-likeness (QED) is 0.808. The fraction of sp³-hybridized carbons (Fsp3) is 0.375. The van der Waals surface area contributed by atoms with Gasteiger partial charge in [0, 0.05) is 28.9 Å². The number of aromatic nitrogens is 1. The van der Waals surface area contributed by atoms with E-state index < -0.39 is 5.97 Å². The number of carboxylic acid groups (broad SMARTS) is 1. The number of nitrogens with one attached hydrogen (secondary N) is 2. The molecular formula is C16H18N2O3. The molecule has 1 aromatic carbocycles. The Labute approximate surface area is 122 Å². The molecule has 1 aliphatic carbocycles. The van der Waals surface area contributed by atoms with Crippen molar-refractivity contribution < 1.29 is 14.7 Å². The minimum Gasteiger partial charge on any atom is -0.477 e. The van der Waals surface area contributed by atoms with Gasteiger partial charge in [0.2, 0.25) is 5.91 Å². The van der Waals surface area contributed by atoms with Crippen molar-refractivity contribution in [3.05, 3.63) is 35.0 Å². The van der Waals surface area contributed by atoms with Crippen molar-refractivity contribution in [2.75, 3.05) is 0 Å². The third kappa shape index (κ3) is 2.51. The van der Waals surface area contributed by atoms with Crippen molar-refractivity contribution in [2.45, 2.75) is 32.7 Å². The molecule has 5 heteroatoms. The summed E-state index contributed by atoms with van der Waals surface area (Å²) in [5.41, 5.74) is 2.65. The van der Waals surface area contributed by atoms with Crippen LogP contribution in [0.5, 0.6) is 0 Å². The van der Waals surface area contributed by atoms with Crippen LogP contribution in [0.2, 0.25) is 0 Å². The standard InChI is InChI=1S/C16H18N2O3/c1-9-5-6-13-11(7-9)12(14(18-13)16(20)21)8-17-15(19)10-3-2-4-10/h5-7,10,18H,2-4,8H2,1H3,(H,17,19)(H,20,21). The van der Waals surface area contributed by atoms with Crippen LogP contribution in [0.4, 0.5) is 0 Å². The maximum Gasteiger partial charge on any atom is 0.352 e. The first kappa shape index (κ1) is 13.7. The van der Waals surface area contributed by atoms with E-state index in [4.69, 9.17) is 0 Å². The summed E-state index contributed by atoms with van der Waals surface area (Å²) in [7, 11) is 0. The summed E-state index contributed by atoms with van der Waals surface area (Å²) in [5, 5.41) is 13.1. The molecule has 21 heavy (non-hydrogen) atoms. The number of amides is 1. The first-order valence-electron chi connectivity index (χ1n) is 7.18. The molecular weight excluding hydrogens is 268 g/mol. The first-order valence-corrected chi connectivity index (χ1v) is 7.18. The van der Waals surface area contributed by atoms with Crippen molar-refractivity contribution in [1.82, 2.24) is 10.3 Å². The van der Waals surface area contributed by atoms with E-state index in [2.05, 4.69) is 10.3 Å². The van der Waals surface area contributed by atoms with Gasteiger partial charge >= 0.3 is 5.97 Å². The predicted octanol–water partition coefficient (Wildman–Crippen LogP) is 2.59. The van der Waals surface area contributed by atoms with E-state index >= 15 is 0 Å². The normalized spacial score (nSPS) is 14.9. The lowest BCUT2D eigenvalue weighted by Crippen LogP contribution is -2.34. The van der Waals surface area contributed by atoms with Crippen LogP contribution in [0.15, 0.2) is 18.2 Å². The number of aryl methyl sites for hydroxylation is 1. The van der Waals surface area contributed by atoms with Gasteiger partial charge in [0.15, 0.2) is 0 Å². The Kier molecular flexibility index (Phi) is 3.41. The number of hydrogen-bond donors (Lipinski definition) is 3. The zero-order chi connectivity index (χ0) is 15.0. The van der Waals surface area contributed by atoms with Crippen LogP contribution in [0.1, 0.15) is 40.9 Å². The SMILES string of the molecule is Cc1ccc2[nH]c(C(=O)O)c(CNC(=O)C3CCC3)c2c1. The lowest BCUT2D eigenvalue weighted by Gasteiger charge is -2.24. The summed E-state index contributed by atoms with van der Waals surface area (Å²) >= 11 is 0. The van der Waals surface area contributed by atoms with Gasteiger partial charge in [-0.05, 0) is 31.9 Å². The van der Waals surface area contributed by atoms with Gasteiger partial charge < -0.3 is 15.4 Å². The van der Waals surface area contributed by atoms with E-state index in [-0.39, 0.29) is 24.1 Å². The molecule has 1 saturated carbocycles. The van der Waals surface area contributed by atoms with Gasteiger partial charge in [0.1, 0.15) is 5.69 Å². The summed E-state index contributed by atoms with van der Waals surface area (Å²) in [4.78, 5) is 26.2. The number of hydrogen-bond acceptors (Lipinski definition) is 2. The van der Waals surface area contributed by atoms with Crippen LogP contribution in [0, 0.1) is 12.8 Å². The number of fused-ring (bicyclic) bond motifs is 1. The molecule has 0 aliphatic heterocycles. The lowest BCUT2D eigenvalue weighted by atomic mass is 9.85. The van der Waals surface area contributed by atoms with E-state index in [1.54, 1.807) is 0 Å². The number of carboxylic acids is 1. The highest BCUT2D eigenvalue weighted by molar-refractivity contribution is 5.97. The molecule has 1 aromatic heterocycles. The molecule has 0 unspecified atom stereocenters. The lowest BCUT2D eigenvalue weighted by molar-refractivity contribution is -0.127. The zero-order valence-electron chi connectivity index (χ0n) is 11.9. The van der Waals surface area contributed by atoms with E-state index in [9.17, 15) is 14.7 Å². The van der Waals surface area contributed by atoms with E-state index in [0.29, 0.717) is 5.56 Å². The molecule has 3 N–H and O–H groups in total. The average molecular weight is 286 g/mol. The fourth-order valence-corrected chi connectivity index (χ4v) is 2.72. The van der Waals surface area contributed by atoms with Gasteiger partial charge in [-0.2, -0.15) is 0 Å². The Morgan fingerprint density at radius 1 is 1.38 bits per heavy atom. The van der Waals surface area contributed by atoms with E-state index in [1.165, 1.54) is 0 Å². The highest BCUT2D eigenvalue weighted by atomic mass is 16.4. The molecule has 5 nitrogen and oxygen atoms in total. The summed E-state index contributed by atoms with van der Waals surface area (Å²) in [6.07, 6.45) is 2.97. The molecule has 1 fully saturated rings. The van der Waals surface area contributed by atoms with Gasteiger partial charge in [-0.3, -0.25) is 4.79 Å². The van der Waals surface area contributed by atoms with E-state index in [1.807, 2.05) is 25.1 Å². The van der Waals surface area contributed by atoms with Crippen molar-refractivity contribution in [3.8, 4) is 0 Å². The van der Waals surface area contributed by atoms with Crippen molar-refractivity contribution in [2.24, 2.45) is 5.92 Å². The minimum absolute atomic E-state index is 0.0274. The van der Waals surface area contributed by atoms with Crippen LogP contribution >= 0.6 is 0 Å². The smallest absolute Gasteiger partial charge is 0.352 e.